The molecule has 0 radical (unpaired) electrons. The van der Waals surface area contributed by atoms with Crippen molar-refractivity contribution in [3.05, 3.63) is 41.6 Å². The third kappa shape index (κ3) is 1.56. The van der Waals surface area contributed by atoms with E-state index in [0.717, 1.165) is 5.92 Å². The first-order chi connectivity index (χ1) is 8.24. The molecule has 2 aromatic rings. The Hall–Kier alpha value is -1.37. The summed E-state index contributed by atoms with van der Waals surface area (Å²) < 4.78 is 0. The Balaban J connectivity index is 1.82. The van der Waals surface area contributed by atoms with Gasteiger partial charge in [-0.05, 0) is 54.9 Å². The SMILES string of the molecule is CC1(c2ccc3nc(C4CC4)ccc3c2)CC1. The van der Waals surface area contributed by atoms with E-state index < -0.39 is 0 Å². The zero-order chi connectivity index (χ0) is 11.5. The van der Waals surface area contributed by atoms with Crippen molar-refractivity contribution < 1.29 is 0 Å². The maximum Gasteiger partial charge on any atom is 0.0705 e. The Kier molecular flexibility index (Phi) is 1.76. The van der Waals surface area contributed by atoms with Crippen LogP contribution in [-0.4, -0.2) is 4.98 Å². The summed E-state index contributed by atoms with van der Waals surface area (Å²) >= 11 is 0. The Morgan fingerprint density at radius 1 is 1.12 bits per heavy atom. The molecule has 86 valence electrons. The molecule has 1 aromatic carbocycles. The number of hydrogen-bond acceptors (Lipinski definition) is 1. The van der Waals surface area contributed by atoms with Gasteiger partial charge in [0.2, 0.25) is 0 Å². The standard InChI is InChI=1S/C16H17N/c1-16(8-9-16)13-5-7-15-12(10-13)4-6-14(17-15)11-2-3-11/h4-7,10-11H,2-3,8-9H2,1H3. The molecular formula is C16H17N. The molecule has 0 spiro atoms. The van der Waals surface area contributed by atoms with Crippen LogP contribution >= 0.6 is 0 Å². The van der Waals surface area contributed by atoms with E-state index in [-0.39, 0.29) is 0 Å². The second kappa shape index (κ2) is 3.10. The topological polar surface area (TPSA) is 12.9 Å². The van der Waals surface area contributed by atoms with Gasteiger partial charge in [-0.2, -0.15) is 0 Å². The van der Waals surface area contributed by atoms with Crippen LogP contribution in [0.5, 0.6) is 0 Å². The highest BCUT2D eigenvalue weighted by Crippen LogP contribution is 2.48. The largest absolute Gasteiger partial charge is 0.253 e. The molecule has 1 heterocycles. The van der Waals surface area contributed by atoms with Crippen LogP contribution in [0.25, 0.3) is 10.9 Å². The van der Waals surface area contributed by atoms with Crippen molar-refractivity contribution in [1.82, 2.24) is 4.98 Å². The number of pyridine rings is 1. The van der Waals surface area contributed by atoms with Gasteiger partial charge in [0.05, 0.1) is 5.52 Å². The Morgan fingerprint density at radius 3 is 2.65 bits per heavy atom. The molecule has 2 aliphatic rings. The molecule has 4 rings (SSSR count). The van der Waals surface area contributed by atoms with Gasteiger partial charge in [-0.15, -0.1) is 0 Å². The number of aromatic nitrogens is 1. The van der Waals surface area contributed by atoms with E-state index >= 15 is 0 Å². The first kappa shape index (κ1) is 9.64. The second-order valence-corrected chi connectivity index (χ2v) is 5.98. The maximum atomic E-state index is 4.78. The highest BCUT2D eigenvalue weighted by molar-refractivity contribution is 5.80. The fraction of sp³-hybridized carbons (Fsp3) is 0.438. The van der Waals surface area contributed by atoms with E-state index in [1.807, 2.05) is 0 Å². The van der Waals surface area contributed by atoms with E-state index in [1.165, 1.54) is 47.8 Å². The lowest BCUT2D eigenvalue weighted by atomic mass is 9.96. The van der Waals surface area contributed by atoms with Gasteiger partial charge < -0.3 is 0 Å². The smallest absolute Gasteiger partial charge is 0.0705 e. The molecule has 17 heavy (non-hydrogen) atoms. The third-order valence-corrected chi connectivity index (χ3v) is 4.40. The Bertz CT molecular complexity index is 591. The van der Waals surface area contributed by atoms with Crippen LogP contribution in [-0.2, 0) is 5.41 Å². The van der Waals surface area contributed by atoms with E-state index in [1.54, 1.807) is 0 Å². The summed E-state index contributed by atoms with van der Waals surface area (Å²) in [7, 11) is 0. The summed E-state index contributed by atoms with van der Waals surface area (Å²) in [5.74, 6) is 0.750. The molecule has 2 saturated carbocycles. The van der Waals surface area contributed by atoms with Crippen molar-refractivity contribution in [2.24, 2.45) is 0 Å². The number of nitrogens with zero attached hydrogens (tertiary/aromatic N) is 1. The van der Waals surface area contributed by atoms with Crippen molar-refractivity contribution in [2.45, 2.75) is 43.9 Å². The van der Waals surface area contributed by atoms with Crippen LogP contribution in [0.15, 0.2) is 30.3 Å². The molecular weight excluding hydrogens is 206 g/mol. The van der Waals surface area contributed by atoms with Crippen molar-refractivity contribution in [3.63, 3.8) is 0 Å². The molecule has 0 unspecified atom stereocenters. The van der Waals surface area contributed by atoms with E-state index in [0.29, 0.717) is 5.41 Å². The van der Waals surface area contributed by atoms with Crippen LogP contribution in [0.3, 0.4) is 0 Å². The van der Waals surface area contributed by atoms with Crippen molar-refractivity contribution >= 4 is 10.9 Å². The number of fused-ring (bicyclic) bond motifs is 1. The van der Waals surface area contributed by atoms with Crippen LogP contribution in [0, 0.1) is 0 Å². The molecule has 1 nitrogen and oxygen atoms in total. The first-order valence-corrected chi connectivity index (χ1v) is 6.66. The van der Waals surface area contributed by atoms with Crippen molar-refractivity contribution in [1.29, 1.82) is 0 Å². The van der Waals surface area contributed by atoms with Crippen molar-refractivity contribution in [2.75, 3.05) is 0 Å². The van der Waals surface area contributed by atoms with E-state index in [4.69, 9.17) is 4.98 Å². The summed E-state index contributed by atoms with van der Waals surface area (Å²) in [6, 6.07) is 11.3. The monoisotopic (exact) mass is 223 g/mol. The quantitative estimate of drug-likeness (QED) is 0.744. The molecule has 0 amide bonds. The third-order valence-electron chi connectivity index (χ3n) is 4.40. The van der Waals surface area contributed by atoms with Gasteiger partial charge in [0.25, 0.3) is 0 Å². The Morgan fingerprint density at radius 2 is 1.94 bits per heavy atom. The molecule has 2 fully saturated rings. The van der Waals surface area contributed by atoms with E-state index in [9.17, 15) is 0 Å². The number of rotatable bonds is 2. The summed E-state index contributed by atoms with van der Waals surface area (Å²) in [6.07, 6.45) is 5.33. The van der Waals surface area contributed by atoms with Gasteiger partial charge in [0, 0.05) is 17.0 Å². The van der Waals surface area contributed by atoms with Gasteiger partial charge in [-0.3, -0.25) is 4.98 Å². The van der Waals surface area contributed by atoms with Crippen molar-refractivity contribution in [3.8, 4) is 0 Å². The first-order valence-electron chi connectivity index (χ1n) is 6.66. The predicted octanol–water partition coefficient (Wildman–Crippen LogP) is 4.16. The van der Waals surface area contributed by atoms with Crippen LogP contribution in [0.1, 0.15) is 49.8 Å². The van der Waals surface area contributed by atoms with Crippen LogP contribution in [0.4, 0.5) is 0 Å². The molecule has 0 N–H and O–H groups in total. The predicted molar refractivity (Wildman–Crippen MR) is 70.3 cm³/mol. The fourth-order valence-electron chi connectivity index (χ4n) is 2.60. The molecule has 0 saturated heterocycles. The average Bonchev–Trinajstić information content (AvgIpc) is 3.22. The second-order valence-electron chi connectivity index (χ2n) is 5.98. The van der Waals surface area contributed by atoms with Gasteiger partial charge in [0.1, 0.15) is 0 Å². The molecule has 2 aliphatic carbocycles. The minimum atomic E-state index is 0.462. The number of benzene rings is 1. The van der Waals surface area contributed by atoms with E-state index in [2.05, 4.69) is 37.3 Å². The lowest BCUT2D eigenvalue weighted by molar-refractivity contribution is 0.789. The minimum Gasteiger partial charge on any atom is -0.253 e. The van der Waals surface area contributed by atoms with Gasteiger partial charge in [0.15, 0.2) is 0 Å². The summed E-state index contributed by atoms with van der Waals surface area (Å²) in [6.45, 7) is 2.36. The molecule has 0 aliphatic heterocycles. The minimum absolute atomic E-state index is 0.462. The fourth-order valence-corrected chi connectivity index (χ4v) is 2.60. The zero-order valence-electron chi connectivity index (χ0n) is 10.2. The van der Waals surface area contributed by atoms with Gasteiger partial charge in [-0.25, -0.2) is 0 Å². The van der Waals surface area contributed by atoms with Gasteiger partial charge >= 0.3 is 0 Å². The summed E-state index contributed by atoms with van der Waals surface area (Å²) in [5.41, 5.74) is 4.42. The summed E-state index contributed by atoms with van der Waals surface area (Å²) in [4.78, 5) is 4.78. The maximum absolute atomic E-state index is 4.78. The molecule has 0 atom stereocenters. The van der Waals surface area contributed by atoms with Crippen LogP contribution in [0.2, 0.25) is 0 Å². The Labute approximate surface area is 102 Å². The lowest BCUT2D eigenvalue weighted by Gasteiger charge is -2.10. The molecule has 1 heteroatoms. The zero-order valence-corrected chi connectivity index (χ0v) is 10.2. The number of hydrogen-bond donors (Lipinski definition) is 0. The highest BCUT2D eigenvalue weighted by atomic mass is 14.7. The van der Waals surface area contributed by atoms with Crippen LogP contribution < -0.4 is 0 Å². The lowest BCUT2D eigenvalue weighted by Crippen LogP contribution is -1.99. The average molecular weight is 223 g/mol. The highest BCUT2D eigenvalue weighted by Gasteiger charge is 2.38. The van der Waals surface area contributed by atoms with Gasteiger partial charge in [-0.1, -0.05) is 19.1 Å². The summed E-state index contributed by atoms with van der Waals surface area (Å²) in [5, 5.41) is 1.31. The molecule has 0 bridgehead atoms. The normalized spacial score (nSPS) is 21.7. The molecule has 1 aromatic heterocycles.